The summed E-state index contributed by atoms with van der Waals surface area (Å²) in [6, 6.07) is 34.5. The van der Waals surface area contributed by atoms with E-state index in [1.165, 1.54) is 67.1 Å². The van der Waals surface area contributed by atoms with E-state index >= 15 is 0 Å². The molecule has 3 aliphatic rings. The van der Waals surface area contributed by atoms with Gasteiger partial charge in [-0.2, -0.15) is 0 Å². The van der Waals surface area contributed by atoms with Gasteiger partial charge in [-0.25, -0.2) is 0 Å². The van der Waals surface area contributed by atoms with Crippen LogP contribution in [0.1, 0.15) is 84.6 Å². The molecule has 5 heteroatoms. The minimum absolute atomic E-state index is 0.00330. The molecule has 3 aliphatic heterocycles. The van der Waals surface area contributed by atoms with Crippen molar-refractivity contribution in [1.82, 2.24) is 0 Å². The molecule has 0 saturated carbocycles. The van der Waals surface area contributed by atoms with Crippen LogP contribution < -0.4 is 35.7 Å². The van der Waals surface area contributed by atoms with Crippen molar-refractivity contribution in [2.45, 2.75) is 85.5 Å². The van der Waals surface area contributed by atoms with Crippen molar-refractivity contribution in [2.75, 3.05) is 16.6 Å². The van der Waals surface area contributed by atoms with Crippen LogP contribution in [0.2, 0.25) is 0 Å². The maximum absolute atomic E-state index is 6.18. The normalized spacial score (nSPS) is 14.9. The third kappa shape index (κ3) is 5.04. The van der Waals surface area contributed by atoms with Crippen LogP contribution in [0.3, 0.4) is 0 Å². The molecule has 0 amide bonds. The van der Waals surface area contributed by atoms with Crippen molar-refractivity contribution in [3.63, 3.8) is 0 Å². The largest absolute Gasteiger partial charge is 0.454 e. The fourth-order valence-electron chi connectivity index (χ4n) is 7.81. The molecule has 4 nitrogen and oxygen atoms in total. The first kappa shape index (κ1) is 31.6. The number of hydrogen-bond acceptors (Lipinski definition) is 4. The van der Waals surface area contributed by atoms with E-state index in [4.69, 9.17) is 9.47 Å². The van der Waals surface area contributed by atoms with Gasteiger partial charge in [0.15, 0.2) is 11.5 Å². The van der Waals surface area contributed by atoms with E-state index in [9.17, 15) is 0 Å². The number of rotatable bonds is 2. The Morgan fingerprint density at radius 2 is 1.06 bits per heavy atom. The number of fused-ring (bicyclic) bond motifs is 5. The van der Waals surface area contributed by atoms with E-state index in [0.29, 0.717) is 0 Å². The molecule has 0 saturated heterocycles. The lowest BCUT2D eigenvalue weighted by atomic mass is 9.33. The summed E-state index contributed by atoms with van der Waals surface area (Å²) in [6.45, 7) is 23.2. The van der Waals surface area contributed by atoms with Gasteiger partial charge in [0, 0.05) is 28.4 Å². The van der Waals surface area contributed by atoms with Crippen molar-refractivity contribution < 1.29 is 9.47 Å². The number of nitrogens with zero attached hydrogens (tertiary/aromatic N) is 2. The van der Waals surface area contributed by atoms with Crippen LogP contribution in [0.4, 0.5) is 34.1 Å². The van der Waals surface area contributed by atoms with Crippen molar-refractivity contribution in [3.05, 3.63) is 113 Å². The Kier molecular flexibility index (Phi) is 6.89. The Morgan fingerprint density at radius 1 is 0.531 bits per heavy atom. The molecular formula is C44H47BN2O2. The highest BCUT2D eigenvalue weighted by molar-refractivity contribution is 7.00. The number of ether oxygens (including phenoxy) is 2. The molecule has 0 bridgehead atoms. The Balaban J connectivity index is 1.47. The lowest BCUT2D eigenvalue weighted by molar-refractivity contribution is 0.174. The molecule has 5 aromatic carbocycles. The SMILES string of the molecule is Cc1cc2c3c(c1)N(c1cccc4c1OCO4)c1ccc(C(C)(C)C)cc1B3c1cc(C(C)(C)C)ccc1N2c1ccc(C(C)(C)C)cc1. The minimum atomic E-state index is -0.00716. The summed E-state index contributed by atoms with van der Waals surface area (Å²) in [5.41, 5.74) is 16.3. The van der Waals surface area contributed by atoms with Crippen molar-refractivity contribution >= 4 is 57.2 Å². The smallest absolute Gasteiger partial charge is 0.252 e. The maximum Gasteiger partial charge on any atom is 0.252 e. The van der Waals surface area contributed by atoms with Crippen LogP contribution in [-0.2, 0) is 16.2 Å². The molecule has 0 spiro atoms. The number of benzene rings is 5. The Labute approximate surface area is 292 Å². The van der Waals surface area contributed by atoms with E-state index in [2.05, 4.69) is 164 Å². The first-order chi connectivity index (χ1) is 23.1. The van der Waals surface area contributed by atoms with E-state index in [1.807, 2.05) is 6.07 Å². The fourth-order valence-corrected chi connectivity index (χ4v) is 7.81. The highest BCUT2D eigenvalue weighted by Gasteiger charge is 2.45. The summed E-state index contributed by atoms with van der Waals surface area (Å²) >= 11 is 0. The fraction of sp³-hybridized carbons (Fsp3) is 0.318. The first-order valence-corrected chi connectivity index (χ1v) is 17.6. The van der Waals surface area contributed by atoms with E-state index in [1.54, 1.807) is 0 Å². The quantitative estimate of drug-likeness (QED) is 0.175. The molecule has 3 heterocycles. The molecular weight excluding hydrogens is 599 g/mol. The lowest BCUT2D eigenvalue weighted by Crippen LogP contribution is -2.61. The van der Waals surface area contributed by atoms with Gasteiger partial charge in [-0.05, 0) is 110 Å². The minimum Gasteiger partial charge on any atom is -0.454 e. The molecule has 0 aliphatic carbocycles. The Morgan fingerprint density at radius 3 is 1.63 bits per heavy atom. The van der Waals surface area contributed by atoms with Gasteiger partial charge in [0.25, 0.3) is 6.71 Å². The van der Waals surface area contributed by atoms with Crippen LogP contribution in [-0.4, -0.2) is 13.5 Å². The van der Waals surface area contributed by atoms with Crippen molar-refractivity contribution in [3.8, 4) is 11.5 Å². The zero-order chi connectivity index (χ0) is 34.6. The van der Waals surface area contributed by atoms with Crippen LogP contribution in [0.25, 0.3) is 0 Å². The number of hydrogen-bond donors (Lipinski definition) is 0. The van der Waals surface area contributed by atoms with Crippen LogP contribution in [0.15, 0.2) is 91.0 Å². The molecule has 0 N–H and O–H groups in total. The van der Waals surface area contributed by atoms with Crippen LogP contribution >= 0.6 is 0 Å². The van der Waals surface area contributed by atoms with Gasteiger partial charge >= 0.3 is 0 Å². The zero-order valence-electron chi connectivity index (χ0n) is 30.7. The molecule has 0 radical (unpaired) electrons. The Hall–Kier alpha value is -4.64. The van der Waals surface area contributed by atoms with Gasteiger partial charge in [0.2, 0.25) is 6.79 Å². The predicted octanol–water partition coefficient (Wildman–Crippen LogP) is 9.70. The molecule has 0 atom stereocenters. The van der Waals surface area contributed by atoms with E-state index in [-0.39, 0.29) is 29.8 Å². The molecule has 0 unspecified atom stereocenters. The molecule has 8 rings (SSSR count). The first-order valence-electron chi connectivity index (χ1n) is 17.6. The summed E-state index contributed by atoms with van der Waals surface area (Å²) in [6.07, 6.45) is 0. The summed E-state index contributed by atoms with van der Waals surface area (Å²) < 4.78 is 12.1. The third-order valence-corrected chi connectivity index (χ3v) is 10.6. The number of para-hydroxylation sites is 1. The van der Waals surface area contributed by atoms with Crippen LogP contribution in [0.5, 0.6) is 11.5 Å². The van der Waals surface area contributed by atoms with Gasteiger partial charge in [-0.15, -0.1) is 0 Å². The topological polar surface area (TPSA) is 24.9 Å². The summed E-state index contributed by atoms with van der Waals surface area (Å²) in [5, 5.41) is 0. The lowest BCUT2D eigenvalue weighted by Gasteiger charge is -2.45. The second-order valence-corrected chi connectivity index (χ2v) is 17.2. The van der Waals surface area contributed by atoms with Gasteiger partial charge in [0.1, 0.15) is 0 Å². The summed E-state index contributed by atoms with van der Waals surface area (Å²) in [5.74, 6) is 1.58. The van der Waals surface area contributed by atoms with Gasteiger partial charge in [-0.3, -0.25) is 0 Å². The molecule has 0 aromatic heterocycles. The van der Waals surface area contributed by atoms with Gasteiger partial charge in [-0.1, -0.05) is 105 Å². The maximum atomic E-state index is 6.18. The van der Waals surface area contributed by atoms with Gasteiger partial charge in [0.05, 0.1) is 5.69 Å². The molecule has 248 valence electrons. The number of aryl methyl sites for hydroxylation is 1. The number of anilines is 6. The average molecular weight is 647 g/mol. The molecule has 49 heavy (non-hydrogen) atoms. The summed E-state index contributed by atoms with van der Waals surface area (Å²) in [4.78, 5) is 4.93. The van der Waals surface area contributed by atoms with Crippen molar-refractivity contribution in [1.29, 1.82) is 0 Å². The van der Waals surface area contributed by atoms with Gasteiger partial charge < -0.3 is 19.3 Å². The van der Waals surface area contributed by atoms with Crippen molar-refractivity contribution in [2.24, 2.45) is 0 Å². The molecule has 5 aromatic rings. The third-order valence-electron chi connectivity index (χ3n) is 10.6. The predicted molar refractivity (Wildman–Crippen MR) is 207 cm³/mol. The Bertz CT molecular complexity index is 2130. The molecule has 0 fully saturated rings. The second kappa shape index (κ2) is 10.7. The summed E-state index contributed by atoms with van der Waals surface area (Å²) in [7, 11) is 0. The average Bonchev–Trinajstić information content (AvgIpc) is 3.52. The van der Waals surface area contributed by atoms with Crippen LogP contribution in [0, 0.1) is 6.92 Å². The standard InChI is InChI=1S/C44H47BN2O2/c1-27-22-37-40-38(23-27)47(36-12-11-13-39-41(36)49-26-48-39)35-21-17-30(44(8,9)10)25-33(35)45(40)32-24-29(43(5,6)7)16-20-34(32)46(37)31-18-14-28(15-19-31)42(2,3)4/h11-25H,26H2,1-10H3. The monoisotopic (exact) mass is 646 g/mol. The second-order valence-electron chi connectivity index (χ2n) is 17.2. The van der Waals surface area contributed by atoms with E-state index in [0.717, 1.165) is 17.2 Å². The highest BCUT2D eigenvalue weighted by Crippen LogP contribution is 2.50. The van der Waals surface area contributed by atoms with E-state index < -0.39 is 0 Å². The zero-order valence-corrected chi connectivity index (χ0v) is 30.7. The highest BCUT2D eigenvalue weighted by atomic mass is 16.7.